The molecule has 47 heavy (non-hydrogen) atoms. The molecule has 4 rings (SSSR count). The zero-order valence-electron chi connectivity index (χ0n) is 28.1. The molecule has 11 heteroatoms. The van der Waals surface area contributed by atoms with Gasteiger partial charge in [-0.15, -0.1) is 0 Å². The van der Waals surface area contributed by atoms with Gasteiger partial charge in [-0.25, -0.2) is 0 Å². The molecule has 0 bridgehead atoms. The van der Waals surface area contributed by atoms with Crippen LogP contribution >= 0.6 is 23.4 Å². The van der Waals surface area contributed by atoms with Gasteiger partial charge < -0.3 is 27.0 Å². The summed E-state index contributed by atoms with van der Waals surface area (Å²) in [6.07, 6.45) is 0.634. The molecule has 0 saturated heterocycles. The van der Waals surface area contributed by atoms with Crippen molar-refractivity contribution < 1.29 is 9.63 Å². The Labute approximate surface area is 288 Å². The average molecular weight is 678 g/mol. The van der Waals surface area contributed by atoms with Crippen molar-refractivity contribution in [1.82, 2.24) is 15.5 Å². The third-order valence-electron chi connectivity index (χ3n) is 7.71. The minimum Gasteiger partial charge on any atom is -0.397 e. The number of benzene rings is 3. The van der Waals surface area contributed by atoms with E-state index in [2.05, 4.69) is 48.4 Å². The molecule has 1 heterocycles. The highest BCUT2D eigenvalue weighted by atomic mass is 35.5. The van der Waals surface area contributed by atoms with E-state index in [9.17, 15) is 4.79 Å². The molecule has 9 nitrogen and oxygen atoms in total. The van der Waals surface area contributed by atoms with Gasteiger partial charge in [-0.1, -0.05) is 84.0 Å². The molecular formula is C36H48ClN7O2S. The van der Waals surface area contributed by atoms with E-state index in [1.54, 1.807) is 11.8 Å². The lowest BCUT2D eigenvalue weighted by atomic mass is 10.0. The van der Waals surface area contributed by atoms with Crippen molar-refractivity contribution in [3.63, 3.8) is 0 Å². The van der Waals surface area contributed by atoms with Crippen molar-refractivity contribution in [2.24, 2.45) is 10.7 Å². The van der Waals surface area contributed by atoms with Crippen molar-refractivity contribution in [3.8, 4) is 0 Å². The fraction of sp³-hybridized carbons (Fsp3) is 0.333. The SMILES string of the molecule is C=C1S/C(C)=C(/C)CC(c2ccc(Cl)cc2)=NCC(N)N1C(C)NC.CC(=O)NC(C)c1ccc(CONc2ccccc2N)cc1. The van der Waals surface area contributed by atoms with Crippen molar-refractivity contribution >= 4 is 46.4 Å². The molecule has 3 aromatic carbocycles. The van der Waals surface area contributed by atoms with E-state index in [4.69, 9.17) is 32.9 Å². The summed E-state index contributed by atoms with van der Waals surface area (Å²) in [6.45, 7) is 15.0. The second kappa shape index (κ2) is 18.5. The lowest BCUT2D eigenvalue weighted by molar-refractivity contribution is -0.119. The number of halogens is 1. The number of nitrogen functional groups attached to an aromatic ring is 1. The van der Waals surface area contributed by atoms with E-state index in [0.717, 1.165) is 44.6 Å². The second-order valence-corrected chi connectivity index (χ2v) is 13.1. The van der Waals surface area contributed by atoms with Crippen molar-refractivity contribution in [2.75, 3.05) is 24.8 Å². The number of thioether (sulfide) groups is 1. The maximum absolute atomic E-state index is 11.0. The highest BCUT2D eigenvalue weighted by Gasteiger charge is 2.23. The summed E-state index contributed by atoms with van der Waals surface area (Å²) in [7, 11) is 1.92. The number of carbonyl (C=O) groups is 1. The maximum Gasteiger partial charge on any atom is 0.217 e. The van der Waals surface area contributed by atoms with Crippen molar-refractivity contribution in [2.45, 2.75) is 66.0 Å². The predicted octanol–water partition coefficient (Wildman–Crippen LogP) is 7.19. The van der Waals surface area contributed by atoms with E-state index < -0.39 is 0 Å². The minimum absolute atomic E-state index is 0.00490. The van der Waals surface area contributed by atoms with Crippen LogP contribution in [0, 0.1) is 0 Å². The number of hydrogen-bond acceptors (Lipinski definition) is 9. The van der Waals surface area contributed by atoms with Crippen molar-refractivity contribution in [1.29, 1.82) is 0 Å². The molecule has 0 fully saturated rings. The average Bonchev–Trinajstić information content (AvgIpc) is 3.04. The van der Waals surface area contributed by atoms with E-state index in [1.165, 1.54) is 17.4 Å². The lowest BCUT2D eigenvalue weighted by Gasteiger charge is -2.37. The van der Waals surface area contributed by atoms with Crippen LogP contribution in [0.1, 0.15) is 63.8 Å². The Kier molecular flexibility index (Phi) is 14.8. The molecule has 3 unspecified atom stereocenters. The normalized spacial score (nSPS) is 18.3. The number of nitrogens with two attached hydrogens (primary N) is 2. The van der Waals surface area contributed by atoms with Gasteiger partial charge in [0.1, 0.15) is 0 Å². The Morgan fingerprint density at radius 2 is 1.77 bits per heavy atom. The Morgan fingerprint density at radius 1 is 1.11 bits per heavy atom. The minimum atomic E-state index is -0.240. The number of anilines is 2. The van der Waals surface area contributed by atoms with Crippen LogP contribution in [-0.4, -0.2) is 42.4 Å². The summed E-state index contributed by atoms with van der Waals surface area (Å²) in [5, 5.41) is 7.77. The molecule has 1 amide bonds. The topological polar surface area (TPSA) is 130 Å². The van der Waals surface area contributed by atoms with Crippen LogP contribution in [-0.2, 0) is 16.2 Å². The van der Waals surface area contributed by atoms with Crippen LogP contribution in [0.3, 0.4) is 0 Å². The highest BCUT2D eigenvalue weighted by Crippen LogP contribution is 2.33. The first-order chi connectivity index (χ1) is 22.4. The maximum atomic E-state index is 11.0. The molecular weight excluding hydrogens is 630 g/mol. The third kappa shape index (κ3) is 11.7. The summed E-state index contributed by atoms with van der Waals surface area (Å²) in [6, 6.07) is 23.2. The van der Waals surface area contributed by atoms with E-state index >= 15 is 0 Å². The molecule has 0 saturated carbocycles. The third-order valence-corrected chi connectivity index (χ3v) is 9.07. The number of allylic oxidation sites excluding steroid dienone is 2. The highest BCUT2D eigenvalue weighted by molar-refractivity contribution is 8.06. The summed E-state index contributed by atoms with van der Waals surface area (Å²) in [5.41, 5.74) is 22.0. The standard InChI is InChI=1S/C19H27ClN4S.C17H21N3O2/c1-12-10-18(16-6-8-17(20)9-7-16)23-11-19(21)24(14(3)22-5)15(4)25-13(12)2;1-12(19-13(2)21)15-9-7-14(8-10-15)11-22-20-17-6-4-3-5-16(17)18/h6-9,14,19,22H,4,10-11,21H2,1-3,5H3;3-10,12,20H,11,18H2,1-2H3,(H,19,21)/b13-12-,23-18?;. The Bertz CT molecular complexity index is 1540. The molecule has 3 atom stereocenters. The van der Waals surface area contributed by atoms with Gasteiger partial charge >= 0.3 is 0 Å². The van der Waals surface area contributed by atoms with Crippen LogP contribution in [0.15, 0.2) is 99.9 Å². The largest absolute Gasteiger partial charge is 0.397 e. The Balaban J connectivity index is 0.000000257. The van der Waals surface area contributed by atoms with E-state index in [-0.39, 0.29) is 24.3 Å². The number of hydrogen-bond donors (Lipinski definition) is 5. The van der Waals surface area contributed by atoms with Gasteiger partial charge in [0.2, 0.25) is 5.91 Å². The molecule has 252 valence electrons. The number of carbonyl (C=O) groups excluding carboxylic acids is 1. The van der Waals surface area contributed by atoms with Crippen LogP contribution in [0.5, 0.6) is 0 Å². The summed E-state index contributed by atoms with van der Waals surface area (Å²) in [5.74, 6) is -0.0374. The predicted molar refractivity (Wildman–Crippen MR) is 199 cm³/mol. The molecule has 0 spiro atoms. The van der Waals surface area contributed by atoms with Crippen LogP contribution in [0.2, 0.25) is 5.02 Å². The van der Waals surface area contributed by atoms with Crippen molar-refractivity contribution in [3.05, 3.63) is 117 Å². The van der Waals surface area contributed by atoms with E-state index in [0.29, 0.717) is 18.8 Å². The monoisotopic (exact) mass is 677 g/mol. The summed E-state index contributed by atoms with van der Waals surface area (Å²) in [4.78, 5) is 24.7. The first-order valence-corrected chi connectivity index (χ1v) is 16.7. The zero-order chi connectivity index (χ0) is 34.5. The zero-order valence-corrected chi connectivity index (χ0v) is 29.7. The number of aliphatic imine (C=N–C) groups is 1. The van der Waals surface area contributed by atoms with Gasteiger partial charge in [0, 0.05) is 24.1 Å². The first kappa shape index (κ1) is 37.7. The van der Waals surface area contributed by atoms with Gasteiger partial charge in [-0.05, 0) is 80.6 Å². The fourth-order valence-electron chi connectivity index (χ4n) is 4.78. The van der Waals surface area contributed by atoms with Crippen LogP contribution < -0.4 is 27.6 Å². The smallest absolute Gasteiger partial charge is 0.217 e. The van der Waals surface area contributed by atoms with Gasteiger partial charge in [0.15, 0.2) is 0 Å². The summed E-state index contributed by atoms with van der Waals surface area (Å²) >= 11 is 7.70. The van der Waals surface area contributed by atoms with Crippen LogP contribution in [0.25, 0.3) is 0 Å². The van der Waals surface area contributed by atoms with E-state index in [1.807, 2.05) is 86.8 Å². The van der Waals surface area contributed by atoms with Gasteiger partial charge in [0.05, 0.1) is 47.9 Å². The molecule has 0 aromatic heterocycles. The van der Waals surface area contributed by atoms with Gasteiger partial charge in [-0.2, -0.15) is 0 Å². The first-order valence-electron chi connectivity index (χ1n) is 15.5. The molecule has 3 aromatic rings. The number of rotatable bonds is 9. The molecule has 0 radical (unpaired) electrons. The number of amides is 1. The Hall–Kier alpha value is -3.80. The fourth-order valence-corrected chi connectivity index (χ4v) is 5.91. The quantitative estimate of drug-likeness (QED) is 0.119. The lowest BCUT2D eigenvalue weighted by Crippen LogP contribution is -2.52. The number of nitrogens with one attached hydrogen (secondary N) is 3. The molecule has 0 aliphatic carbocycles. The van der Waals surface area contributed by atoms with Gasteiger partial charge in [-0.3, -0.25) is 20.1 Å². The number of nitrogens with zero attached hydrogens (tertiary/aromatic N) is 2. The molecule has 1 aliphatic heterocycles. The van der Waals surface area contributed by atoms with Crippen LogP contribution in [0.4, 0.5) is 11.4 Å². The number of para-hydroxylation sites is 2. The summed E-state index contributed by atoms with van der Waals surface area (Å²) < 4.78 is 0. The molecule has 7 N–H and O–H groups in total. The second-order valence-electron chi connectivity index (χ2n) is 11.4. The van der Waals surface area contributed by atoms with Gasteiger partial charge in [0.25, 0.3) is 0 Å². The molecule has 1 aliphatic rings. The Morgan fingerprint density at radius 3 is 2.38 bits per heavy atom.